The SMILES string of the molecule is Cc1ccc(CO)cc1-c1ccc2c(c1)OCCO2. The molecule has 2 aromatic rings. The first kappa shape index (κ1) is 12.1. The standard InChI is InChI=1S/C16H16O3/c1-11-2-3-12(10-17)8-14(11)13-4-5-15-16(9-13)19-7-6-18-15/h2-5,8-9,17H,6-7,10H2,1H3. The molecule has 2 aromatic carbocycles. The summed E-state index contributed by atoms with van der Waals surface area (Å²) in [7, 11) is 0. The van der Waals surface area contributed by atoms with Gasteiger partial charge in [-0.25, -0.2) is 0 Å². The Balaban J connectivity index is 2.06. The lowest BCUT2D eigenvalue weighted by atomic mass is 9.98. The average Bonchev–Trinajstić information content (AvgIpc) is 2.47. The van der Waals surface area contributed by atoms with Crippen molar-refractivity contribution in [1.82, 2.24) is 0 Å². The summed E-state index contributed by atoms with van der Waals surface area (Å²) in [5.74, 6) is 1.59. The molecule has 3 heteroatoms. The number of aliphatic hydroxyl groups excluding tert-OH is 1. The second-order valence-electron chi connectivity index (χ2n) is 4.67. The molecule has 0 amide bonds. The highest BCUT2D eigenvalue weighted by molar-refractivity contribution is 5.71. The first-order chi connectivity index (χ1) is 9.28. The quantitative estimate of drug-likeness (QED) is 0.897. The Hall–Kier alpha value is -2.00. The van der Waals surface area contributed by atoms with E-state index in [2.05, 4.69) is 6.92 Å². The molecule has 0 fully saturated rings. The van der Waals surface area contributed by atoms with E-state index >= 15 is 0 Å². The van der Waals surface area contributed by atoms with Crippen molar-refractivity contribution in [1.29, 1.82) is 0 Å². The van der Waals surface area contributed by atoms with E-state index < -0.39 is 0 Å². The van der Waals surface area contributed by atoms with E-state index in [-0.39, 0.29) is 6.61 Å². The fourth-order valence-electron chi connectivity index (χ4n) is 2.29. The molecule has 1 aliphatic rings. The molecule has 0 unspecified atom stereocenters. The Kier molecular flexibility index (Phi) is 3.13. The number of fused-ring (bicyclic) bond motifs is 1. The summed E-state index contributed by atoms with van der Waals surface area (Å²) in [4.78, 5) is 0. The van der Waals surface area contributed by atoms with E-state index in [0.29, 0.717) is 13.2 Å². The van der Waals surface area contributed by atoms with E-state index in [4.69, 9.17) is 9.47 Å². The second kappa shape index (κ2) is 4.94. The molecule has 0 spiro atoms. The smallest absolute Gasteiger partial charge is 0.161 e. The van der Waals surface area contributed by atoms with Gasteiger partial charge in [-0.3, -0.25) is 0 Å². The summed E-state index contributed by atoms with van der Waals surface area (Å²) >= 11 is 0. The highest BCUT2D eigenvalue weighted by Gasteiger charge is 2.13. The maximum Gasteiger partial charge on any atom is 0.161 e. The van der Waals surface area contributed by atoms with Crippen LogP contribution in [0.25, 0.3) is 11.1 Å². The Labute approximate surface area is 112 Å². The largest absolute Gasteiger partial charge is 0.486 e. The minimum atomic E-state index is 0.0534. The lowest BCUT2D eigenvalue weighted by Gasteiger charge is -2.19. The van der Waals surface area contributed by atoms with Gasteiger partial charge in [0.2, 0.25) is 0 Å². The summed E-state index contributed by atoms with van der Waals surface area (Å²) in [5, 5.41) is 9.25. The van der Waals surface area contributed by atoms with Crippen LogP contribution in [0, 0.1) is 6.92 Å². The van der Waals surface area contributed by atoms with Crippen molar-refractivity contribution in [3.05, 3.63) is 47.5 Å². The molecule has 98 valence electrons. The van der Waals surface area contributed by atoms with E-state index in [1.807, 2.05) is 36.4 Å². The molecular formula is C16H16O3. The number of aliphatic hydroxyl groups is 1. The average molecular weight is 256 g/mol. The summed E-state index contributed by atoms with van der Waals surface area (Å²) < 4.78 is 11.1. The van der Waals surface area contributed by atoms with Gasteiger partial charge in [0.15, 0.2) is 11.5 Å². The van der Waals surface area contributed by atoms with E-state index in [1.165, 1.54) is 5.56 Å². The van der Waals surface area contributed by atoms with Crippen molar-refractivity contribution in [3.63, 3.8) is 0 Å². The lowest BCUT2D eigenvalue weighted by molar-refractivity contribution is 0.171. The number of hydrogen-bond acceptors (Lipinski definition) is 3. The second-order valence-corrected chi connectivity index (χ2v) is 4.67. The van der Waals surface area contributed by atoms with Crippen LogP contribution >= 0.6 is 0 Å². The summed E-state index contributed by atoms with van der Waals surface area (Å²) in [5.41, 5.74) is 4.28. The van der Waals surface area contributed by atoms with E-state index in [0.717, 1.165) is 28.2 Å². The zero-order valence-electron chi connectivity index (χ0n) is 10.8. The monoisotopic (exact) mass is 256 g/mol. The first-order valence-corrected chi connectivity index (χ1v) is 6.38. The molecule has 0 saturated carbocycles. The van der Waals surface area contributed by atoms with Crippen LogP contribution in [0.3, 0.4) is 0 Å². The van der Waals surface area contributed by atoms with Crippen molar-refractivity contribution in [3.8, 4) is 22.6 Å². The third kappa shape index (κ3) is 2.29. The molecule has 3 nitrogen and oxygen atoms in total. The minimum Gasteiger partial charge on any atom is -0.486 e. The molecule has 1 N–H and O–H groups in total. The normalized spacial score (nSPS) is 13.4. The van der Waals surface area contributed by atoms with Gasteiger partial charge in [-0.2, -0.15) is 0 Å². The summed E-state index contributed by atoms with van der Waals surface area (Å²) in [6.45, 7) is 3.31. The maximum absolute atomic E-state index is 9.25. The van der Waals surface area contributed by atoms with E-state index in [1.54, 1.807) is 0 Å². The van der Waals surface area contributed by atoms with Crippen molar-refractivity contribution in [2.75, 3.05) is 13.2 Å². The van der Waals surface area contributed by atoms with Crippen molar-refractivity contribution in [2.24, 2.45) is 0 Å². The molecule has 0 radical (unpaired) electrons. The third-order valence-corrected chi connectivity index (χ3v) is 3.34. The van der Waals surface area contributed by atoms with Gasteiger partial charge in [-0.05, 0) is 47.4 Å². The van der Waals surface area contributed by atoms with Crippen LogP contribution in [0.5, 0.6) is 11.5 Å². The molecule has 0 aliphatic carbocycles. The highest BCUT2D eigenvalue weighted by atomic mass is 16.6. The number of rotatable bonds is 2. The van der Waals surface area contributed by atoms with Crippen LogP contribution < -0.4 is 9.47 Å². The van der Waals surface area contributed by atoms with Crippen LogP contribution in [0.1, 0.15) is 11.1 Å². The fraction of sp³-hybridized carbons (Fsp3) is 0.250. The molecule has 19 heavy (non-hydrogen) atoms. The zero-order valence-corrected chi connectivity index (χ0v) is 10.8. The number of ether oxygens (including phenoxy) is 2. The van der Waals surface area contributed by atoms with Gasteiger partial charge in [0.05, 0.1) is 6.61 Å². The number of aryl methyl sites for hydroxylation is 1. The molecule has 0 atom stereocenters. The van der Waals surface area contributed by atoms with Gasteiger partial charge >= 0.3 is 0 Å². The van der Waals surface area contributed by atoms with Crippen LogP contribution in [-0.2, 0) is 6.61 Å². The molecule has 0 bridgehead atoms. The summed E-state index contributed by atoms with van der Waals surface area (Å²) in [6.07, 6.45) is 0. The first-order valence-electron chi connectivity index (χ1n) is 6.38. The Morgan fingerprint density at radius 2 is 1.79 bits per heavy atom. The van der Waals surface area contributed by atoms with Gasteiger partial charge in [0, 0.05) is 0 Å². The van der Waals surface area contributed by atoms with Gasteiger partial charge in [0.25, 0.3) is 0 Å². The number of hydrogen-bond donors (Lipinski definition) is 1. The Morgan fingerprint density at radius 3 is 2.58 bits per heavy atom. The van der Waals surface area contributed by atoms with Crippen LogP contribution in [0.15, 0.2) is 36.4 Å². The van der Waals surface area contributed by atoms with Crippen LogP contribution in [0.2, 0.25) is 0 Å². The molecule has 0 aromatic heterocycles. The predicted octanol–water partition coefficient (Wildman–Crippen LogP) is 2.93. The van der Waals surface area contributed by atoms with Crippen molar-refractivity contribution < 1.29 is 14.6 Å². The predicted molar refractivity (Wildman–Crippen MR) is 73.5 cm³/mol. The zero-order chi connectivity index (χ0) is 13.2. The fourth-order valence-corrected chi connectivity index (χ4v) is 2.29. The summed E-state index contributed by atoms with van der Waals surface area (Å²) in [6, 6.07) is 11.9. The topological polar surface area (TPSA) is 38.7 Å². The molecule has 3 rings (SSSR count). The third-order valence-electron chi connectivity index (χ3n) is 3.34. The van der Waals surface area contributed by atoms with Gasteiger partial charge in [-0.15, -0.1) is 0 Å². The van der Waals surface area contributed by atoms with Crippen molar-refractivity contribution >= 4 is 0 Å². The highest BCUT2D eigenvalue weighted by Crippen LogP contribution is 2.35. The minimum absolute atomic E-state index is 0.0534. The number of benzene rings is 2. The van der Waals surface area contributed by atoms with Crippen molar-refractivity contribution in [2.45, 2.75) is 13.5 Å². The van der Waals surface area contributed by atoms with Gasteiger partial charge < -0.3 is 14.6 Å². The Morgan fingerprint density at radius 1 is 1.00 bits per heavy atom. The molecule has 1 heterocycles. The van der Waals surface area contributed by atoms with Crippen LogP contribution in [-0.4, -0.2) is 18.3 Å². The maximum atomic E-state index is 9.25. The van der Waals surface area contributed by atoms with Crippen LogP contribution in [0.4, 0.5) is 0 Å². The Bertz CT molecular complexity index is 605. The lowest BCUT2D eigenvalue weighted by Crippen LogP contribution is -2.15. The van der Waals surface area contributed by atoms with E-state index in [9.17, 15) is 5.11 Å². The molecule has 0 saturated heterocycles. The van der Waals surface area contributed by atoms with Gasteiger partial charge in [-0.1, -0.05) is 18.2 Å². The molecule has 1 aliphatic heterocycles. The van der Waals surface area contributed by atoms with Gasteiger partial charge in [0.1, 0.15) is 13.2 Å². The molecular weight excluding hydrogens is 240 g/mol.